The molecular formula is C21H20ClN5O7S. The van der Waals surface area contributed by atoms with Crippen LogP contribution in [0.15, 0.2) is 64.1 Å². The molecule has 4 rings (SSSR count). The SMILES string of the molecule is O=[N+]([O-])c1ccc(Cl)c(S(=O)(=O)N2CCN(c3ccc([N+](=O)[O-])c(NCc4ccco4)c3)CC2)c1. The lowest BCUT2D eigenvalue weighted by Gasteiger charge is -2.35. The predicted octanol–water partition coefficient (Wildman–Crippen LogP) is 3.87. The Kier molecular flexibility index (Phi) is 6.91. The van der Waals surface area contributed by atoms with Gasteiger partial charge in [-0.1, -0.05) is 11.6 Å². The molecule has 0 amide bonds. The van der Waals surface area contributed by atoms with Crippen molar-refractivity contribution in [3.05, 3.63) is 85.8 Å². The molecule has 2 heterocycles. The van der Waals surface area contributed by atoms with Crippen molar-refractivity contribution in [3.8, 4) is 0 Å². The highest BCUT2D eigenvalue weighted by Gasteiger charge is 2.32. The van der Waals surface area contributed by atoms with Gasteiger partial charge in [-0.15, -0.1) is 0 Å². The summed E-state index contributed by atoms with van der Waals surface area (Å²) in [7, 11) is -4.06. The van der Waals surface area contributed by atoms with Gasteiger partial charge in [-0.2, -0.15) is 4.31 Å². The van der Waals surface area contributed by atoms with E-state index >= 15 is 0 Å². The van der Waals surface area contributed by atoms with Crippen LogP contribution in [0.4, 0.5) is 22.7 Å². The summed E-state index contributed by atoms with van der Waals surface area (Å²) in [5.41, 5.74) is 0.527. The molecule has 0 spiro atoms. The van der Waals surface area contributed by atoms with Crippen molar-refractivity contribution >= 4 is 44.4 Å². The number of nitrogens with one attached hydrogen (secondary N) is 1. The second kappa shape index (κ2) is 9.90. The van der Waals surface area contributed by atoms with Crippen LogP contribution in [0.3, 0.4) is 0 Å². The lowest BCUT2D eigenvalue weighted by Crippen LogP contribution is -2.48. The number of sulfonamides is 1. The Hall–Kier alpha value is -3.68. The maximum Gasteiger partial charge on any atom is 0.292 e. The van der Waals surface area contributed by atoms with Crippen molar-refractivity contribution in [3.63, 3.8) is 0 Å². The summed E-state index contributed by atoms with van der Waals surface area (Å²) in [4.78, 5) is 22.9. The molecule has 0 atom stereocenters. The Bertz CT molecular complexity index is 1360. The Morgan fingerprint density at radius 2 is 1.74 bits per heavy atom. The van der Waals surface area contributed by atoms with E-state index in [0.29, 0.717) is 30.2 Å². The molecule has 1 aromatic heterocycles. The van der Waals surface area contributed by atoms with Gasteiger partial charge >= 0.3 is 0 Å². The zero-order valence-corrected chi connectivity index (χ0v) is 19.7. The van der Waals surface area contributed by atoms with E-state index in [2.05, 4.69) is 5.32 Å². The van der Waals surface area contributed by atoms with Crippen molar-refractivity contribution in [1.82, 2.24) is 4.31 Å². The number of nitro groups is 2. The first-order valence-corrected chi connectivity index (χ1v) is 12.2. The normalized spacial score (nSPS) is 14.6. The van der Waals surface area contributed by atoms with Crippen molar-refractivity contribution in [2.24, 2.45) is 0 Å². The number of nitrogens with zero attached hydrogens (tertiary/aromatic N) is 4. The Morgan fingerprint density at radius 3 is 2.37 bits per heavy atom. The highest BCUT2D eigenvalue weighted by molar-refractivity contribution is 7.89. The molecule has 0 aliphatic carbocycles. The molecule has 14 heteroatoms. The van der Waals surface area contributed by atoms with Crippen LogP contribution in [0.5, 0.6) is 0 Å². The minimum Gasteiger partial charge on any atom is -0.467 e. The van der Waals surface area contributed by atoms with E-state index in [9.17, 15) is 28.6 Å². The van der Waals surface area contributed by atoms with Crippen molar-refractivity contribution in [2.45, 2.75) is 11.4 Å². The Balaban J connectivity index is 1.50. The van der Waals surface area contributed by atoms with E-state index in [4.69, 9.17) is 16.0 Å². The molecule has 1 saturated heterocycles. The number of anilines is 2. The largest absolute Gasteiger partial charge is 0.467 e. The molecule has 1 aliphatic heterocycles. The molecule has 0 saturated carbocycles. The van der Waals surface area contributed by atoms with Crippen molar-refractivity contribution < 1.29 is 22.7 Å². The molecule has 0 unspecified atom stereocenters. The lowest BCUT2D eigenvalue weighted by molar-refractivity contribution is -0.385. The third kappa shape index (κ3) is 5.21. The number of halogens is 1. The van der Waals surface area contributed by atoms with Gasteiger partial charge in [-0.25, -0.2) is 8.42 Å². The van der Waals surface area contributed by atoms with E-state index in [1.54, 1.807) is 24.3 Å². The summed E-state index contributed by atoms with van der Waals surface area (Å²) in [5, 5.41) is 25.4. The van der Waals surface area contributed by atoms with Crippen LogP contribution < -0.4 is 10.2 Å². The van der Waals surface area contributed by atoms with E-state index in [1.165, 1.54) is 22.7 Å². The molecule has 1 fully saturated rings. The first-order chi connectivity index (χ1) is 16.7. The van der Waals surface area contributed by atoms with Crippen LogP contribution in [0.2, 0.25) is 5.02 Å². The third-order valence-corrected chi connectivity index (χ3v) is 7.94. The fourth-order valence-electron chi connectivity index (χ4n) is 3.75. The number of furan rings is 1. The van der Waals surface area contributed by atoms with Crippen LogP contribution in [-0.4, -0.2) is 48.7 Å². The summed E-state index contributed by atoms with van der Waals surface area (Å²) in [6.07, 6.45) is 1.51. The molecule has 2 aromatic carbocycles. The van der Waals surface area contributed by atoms with Crippen LogP contribution in [-0.2, 0) is 16.6 Å². The minimum atomic E-state index is -4.06. The molecule has 1 N–H and O–H groups in total. The number of hydrogen-bond acceptors (Lipinski definition) is 9. The van der Waals surface area contributed by atoms with E-state index in [0.717, 1.165) is 12.1 Å². The van der Waals surface area contributed by atoms with Crippen LogP contribution in [0.25, 0.3) is 0 Å². The summed E-state index contributed by atoms with van der Waals surface area (Å²) >= 11 is 6.05. The van der Waals surface area contributed by atoms with Gasteiger partial charge in [-0.05, 0) is 30.3 Å². The van der Waals surface area contributed by atoms with Gasteiger partial charge in [0, 0.05) is 50.1 Å². The number of piperazine rings is 1. The zero-order valence-electron chi connectivity index (χ0n) is 18.2. The molecule has 1 aliphatic rings. The standard InChI is InChI=1S/C21H20ClN5O7S/c22-18-5-3-16(26(28)29)13-21(18)35(32,33)25-9-7-24(8-10-25)15-4-6-20(27(30)31)19(12-15)23-14-17-2-1-11-34-17/h1-6,11-13,23H,7-10,14H2. The minimum absolute atomic E-state index is 0.0955. The smallest absolute Gasteiger partial charge is 0.292 e. The van der Waals surface area contributed by atoms with Gasteiger partial charge < -0.3 is 14.6 Å². The fraction of sp³-hybridized carbons (Fsp3) is 0.238. The molecule has 35 heavy (non-hydrogen) atoms. The van der Waals surface area contributed by atoms with E-state index in [-0.39, 0.29) is 40.9 Å². The fourth-order valence-corrected chi connectivity index (χ4v) is 5.66. The van der Waals surface area contributed by atoms with Gasteiger partial charge in [0.15, 0.2) is 0 Å². The zero-order chi connectivity index (χ0) is 25.2. The maximum atomic E-state index is 13.1. The number of benzene rings is 2. The number of hydrogen-bond donors (Lipinski definition) is 1. The second-order valence-electron chi connectivity index (χ2n) is 7.65. The average molecular weight is 522 g/mol. The molecule has 0 bridgehead atoms. The van der Waals surface area contributed by atoms with Gasteiger partial charge in [-0.3, -0.25) is 20.2 Å². The highest BCUT2D eigenvalue weighted by Crippen LogP contribution is 2.32. The number of nitro benzene ring substituents is 2. The second-order valence-corrected chi connectivity index (χ2v) is 9.97. The maximum absolute atomic E-state index is 13.1. The van der Waals surface area contributed by atoms with E-state index in [1.807, 2.05) is 4.90 Å². The van der Waals surface area contributed by atoms with Gasteiger partial charge in [0.1, 0.15) is 16.3 Å². The third-order valence-electron chi connectivity index (χ3n) is 5.56. The Labute approximate surface area is 205 Å². The summed E-state index contributed by atoms with van der Waals surface area (Å²) in [5.74, 6) is 0.614. The van der Waals surface area contributed by atoms with Crippen LogP contribution in [0.1, 0.15) is 5.76 Å². The number of rotatable bonds is 8. The quantitative estimate of drug-likeness (QED) is 0.343. The Morgan fingerprint density at radius 1 is 1.00 bits per heavy atom. The van der Waals surface area contributed by atoms with E-state index < -0.39 is 19.9 Å². The van der Waals surface area contributed by atoms with Crippen LogP contribution in [0, 0.1) is 20.2 Å². The summed E-state index contributed by atoms with van der Waals surface area (Å²) in [6, 6.07) is 11.4. The van der Waals surface area contributed by atoms with Gasteiger partial charge in [0.25, 0.3) is 11.4 Å². The molecular weight excluding hydrogens is 502 g/mol. The van der Waals surface area contributed by atoms with Crippen LogP contribution >= 0.6 is 11.6 Å². The summed E-state index contributed by atoms with van der Waals surface area (Å²) in [6.45, 7) is 1.08. The number of non-ortho nitro benzene ring substituents is 1. The highest BCUT2D eigenvalue weighted by atomic mass is 35.5. The monoisotopic (exact) mass is 521 g/mol. The predicted molar refractivity (Wildman–Crippen MR) is 128 cm³/mol. The molecule has 184 valence electrons. The first kappa shape index (κ1) is 24.4. The molecule has 3 aromatic rings. The van der Waals surface area contributed by atoms with Gasteiger partial charge in [0.2, 0.25) is 10.0 Å². The first-order valence-electron chi connectivity index (χ1n) is 10.4. The molecule has 0 radical (unpaired) electrons. The van der Waals surface area contributed by atoms with Crippen molar-refractivity contribution in [1.29, 1.82) is 0 Å². The molecule has 12 nitrogen and oxygen atoms in total. The lowest BCUT2D eigenvalue weighted by atomic mass is 10.2. The topological polar surface area (TPSA) is 152 Å². The summed E-state index contributed by atoms with van der Waals surface area (Å²) < 4.78 is 32.7. The average Bonchev–Trinajstić information content (AvgIpc) is 3.36. The van der Waals surface area contributed by atoms with Gasteiger partial charge in [0.05, 0.1) is 27.7 Å². The van der Waals surface area contributed by atoms with Crippen molar-refractivity contribution in [2.75, 3.05) is 36.4 Å².